The van der Waals surface area contributed by atoms with Crippen molar-refractivity contribution in [2.24, 2.45) is 0 Å². The normalized spacial score (nSPS) is 13.2. The first kappa shape index (κ1) is 29.1. The molecule has 0 aromatic heterocycles. The highest BCUT2D eigenvalue weighted by Gasteiger charge is 2.53. The summed E-state index contributed by atoms with van der Waals surface area (Å²) in [5.41, 5.74) is 16.1. The molecular formula is C51H33N. The summed E-state index contributed by atoms with van der Waals surface area (Å²) < 4.78 is 0. The van der Waals surface area contributed by atoms with Crippen molar-refractivity contribution in [3.8, 4) is 33.4 Å². The van der Waals surface area contributed by atoms with Crippen LogP contribution in [0.3, 0.4) is 0 Å². The monoisotopic (exact) mass is 659 g/mol. The maximum Gasteiger partial charge on any atom is 0.0732 e. The van der Waals surface area contributed by atoms with E-state index in [-0.39, 0.29) is 0 Å². The number of anilines is 3. The Bertz CT molecular complexity index is 2790. The molecule has 0 amide bonds. The van der Waals surface area contributed by atoms with Crippen molar-refractivity contribution in [3.05, 3.63) is 222 Å². The van der Waals surface area contributed by atoms with Crippen LogP contribution >= 0.6 is 0 Å². The van der Waals surface area contributed by atoms with Crippen LogP contribution in [0.25, 0.3) is 54.9 Å². The summed E-state index contributed by atoms with van der Waals surface area (Å²) in [6, 6.07) is 74.0. The van der Waals surface area contributed by atoms with Gasteiger partial charge < -0.3 is 4.90 Å². The average Bonchev–Trinajstić information content (AvgIpc) is 3.69. The van der Waals surface area contributed by atoms with Gasteiger partial charge in [0.2, 0.25) is 0 Å². The molecule has 0 fully saturated rings. The molecule has 2 aliphatic rings. The number of hydrogen-bond acceptors (Lipinski definition) is 1. The summed E-state index contributed by atoms with van der Waals surface area (Å²) in [5.74, 6) is 0. The summed E-state index contributed by atoms with van der Waals surface area (Å²) in [5, 5.41) is 5.08. The van der Waals surface area contributed by atoms with E-state index in [0.29, 0.717) is 0 Å². The highest BCUT2D eigenvalue weighted by atomic mass is 15.1. The van der Waals surface area contributed by atoms with Gasteiger partial charge in [-0.25, -0.2) is 0 Å². The molecule has 242 valence electrons. The van der Waals surface area contributed by atoms with E-state index in [1.165, 1.54) is 82.9 Å². The number of fused-ring (bicyclic) bond motifs is 14. The first-order valence-corrected chi connectivity index (χ1v) is 18.1. The van der Waals surface area contributed by atoms with Crippen molar-refractivity contribution in [3.63, 3.8) is 0 Å². The fraction of sp³-hybridized carbons (Fsp3) is 0.0196. The third kappa shape index (κ3) is 3.94. The fourth-order valence-corrected chi connectivity index (χ4v) is 9.38. The van der Waals surface area contributed by atoms with Gasteiger partial charge in [0.15, 0.2) is 0 Å². The van der Waals surface area contributed by atoms with Gasteiger partial charge in [-0.15, -0.1) is 0 Å². The molecule has 0 unspecified atom stereocenters. The van der Waals surface area contributed by atoms with Crippen LogP contribution < -0.4 is 4.90 Å². The molecule has 0 saturated carbocycles. The van der Waals surface area contributed by atoms with E-state index in [2.05, 4.69) is 205 Å². The van der Waals surface area contributed by atoms with Crippen LogP contribution in [0.4, 0.5) is 17.1 Å². The summed E-state index contributed by atoms with van der Waals surface area (Å²) in [6.07, 6.45) is 0. The first-order valence-electron chi connectivity index (χ1n) is 18.1. The van der Waals surface area contributed by atoms with Gasteiger partial charge in [0.1, 0.15) is 0 Å². The van der Waals surface area contributed by atoms with Gasteiger partial charge in [-0.3, -0.25) is 0 Å². The van der Waals surface area contributed by atoms with Gasteiger partial charge in [-0.05, 0) is 102 Å². The maximum absolute atomic E-state index is 2.53. The van der Waals surface area contributed by atoms with Crippen molar-refractivity contribution in [2.75, 3.05) is 4.90 Å². The SMILES string of the molecule is c1ccc(-c2ccc(N(c3ccccc3)c3cc4c(c5ccccc35)-c3ccc5ccccc5c3C43c4ccccc4-c4ccccc43)cc2)cc1. The third-order valence-corrected chi connectivity index (χ3v) is 11.4. The molecule has 0 saturated heterocycles. The van der Waals surface area contributed by atoms with Gasteiger partial charge in [0.05, 0.1) is 11.1 Å². The Morgan fingerprint density at radius 2 is 0.885 bits per heavy atom. The lowest BCUT2D eigenvalue weighted by Crippen LogP contribution is -2.26. The smallest absolute Gasteiger partial charge is 0.0732 e. The molecule has 1 heteroatoms. The van der Waals surface area contributed by atoms with Gasteiger partial charge in [0, 0.05) is 16.8 Å². The summed E-state index contributed by atoms with van der Waals surface area (Å²) in [6.45, 7) is 0. The molecule has 11 rings (SSSR count). The van der Waals surface area contributed by atoms with Gasteiger partial charge in [-0.1, -0.05) is 170 Å². The van der Waals surface area contributed by atoms with Crippen LogP contribution in [0.1, 0.15) is 22.3 Å². The second-order valence-corrected chi connectivity index (χ2v) is 14.0. The molecule has 0 atom stereocenters. The van der Waals surface area contributed by atoms with E-state index in [1.54, 1.807) is 0 Å². The van der Waals surface area contributed by atoms with E-state index in [1.807, 2.05) is 0 Å². The van der Waals surface area contributed by atoms with Crippen LogP contribution in [0.2, 0.25) is 0 Å². The summed E-state index contributed by atoms with van der Waals surface area (Å²) in [7, 11) is 0. The zero-order valence-electron chi connectivity index (χ0n) is 28.5. The van der Waals surface area contributed by atoms with E-state index in [0.717, 1.165) is 11.4 Å². The predicted molar refractivity (Wildman–Crippen MR) is 218 cm³/mol. The molecule has 0 radical (unpaired) electrons. The summed E-state index contributed by atoms with van der Waals surface area (Å²) in [4.78, 5) is 2.46. The van der Waals surface area contributed by atoms with E-state index in [9.17, 15) is 0 Å². The number of para-hydroxylation sites is 1. The lowest BCUT2D eigenvalue weighted by molar-refractivity contribution is 0.802. The molecule has 9 aromatic rings. The summed E-state index contributed by atoms with van der Waals surface area (Å²) >= 11 is 0. The second-order valence-electron chi connectivity index (χ2n) is 14.0. The number of hydrogen-bond donors (Lipinski definition) is 0. The minimum absolute atomic E-state index is 0.489. The quantitative estimate of drug-likeness (QED) is 0.182. The van der Waals surface area contributed by atoms with Crippen LogP contribution in [0, 0.1) is 0 Å². The minimum atomic E-state index is -0.489. The Kier molecular flexibility index (Phi) is 6.23. The van der Waals surface area contributed by atoms with Crippen LogP contribution in [0.15, 0.2) is 200 Å². The lowest BCUT2D eigenvalue weighted by Gasteiger charge is -2.33. The molecule has 0 N–H and O–H groups in total. The Morgan fingerprint density at radius 1 is 0.346 bits per heavy atom. The third-order valence-electron chi connectivity index (χ3n) is 11.4. The van der Waals surface area contributed by atoms with Gasteiger partial charge in [-0.2, -0.15) is 0 Å². The van der Waals surface area contributed by atoms with E-state index >= 15 is 0 Å². The molecule has 52 heavy (non-hydrogen) atoms. The Balaban J connectivity index is 1.27. The second kappa shape index (κ2) is 11.2. The molecule has 1 spiro atoms. The molecule has 0 aliphatic heterocycles. The maximum atomic E-state index is 2.53. The number of benzene rings is 9. The highest BCUT2D eigenvalue weighted by Crippen LogP contribution is 2.66. The van der Waals surface area contributed by atoms with Gasteiger partial charge >= 0.3 is 0 Å². The molecule has 2 aliphatic carbocycles. The van der Waals surface area contributed by atoms with Crippen LogP contribution in [-0.2, 0) is 5.41 Å². The zero-order chi connectivity index (χ0) is 34.2. The molecule has 1 nitrogen and oxygen atoms in total. The van der Waals surface area contributed by atoms with Crippen molar-refractivity contribution in [1.82, 2.24) is 0 Å². The molecular weight excluding hydrogens is 627 g/mol. The minimum Gasteiger partial charge on any atom is -0.310 e. The molecule has 0 bridgehead atoms. The average molecular weight is 660 g/mol. The standard InChI is InChI=1S/C51H33N/c1-3-15-34(16-4-1)35-27-30-38(31-28-35)52(37-18-5-2-6-19-37)48-33-47-49(43-24-10-9-23-42(43)48)44-32-29-36-17-7-8-20-39(36)50(44)51(47)45-25-13-11-21-40(45)41-22-12-14-26-46(41)51/h1-33H. The first-order chi connectivity index (χ1) is 25.8. The number of nitrogens with zero attached hydrogens (tertiary/aromatic N) is 1. The number of rotatable bonds is 4. The Hall–Kier alpha value is -6.70. The fourth-order valence-electron chi connectivity index (χ4n) is 9.38. The van der Waals surface area contributed by atoms with E-state index < -0.39 is 5.41 Å². The Labute approximate surface area is 303 Å². The van der Waals surface area contributed by atoms with Gasteiger partial charge in [0.25, 0.3) is 0 Å². The lowest BCUT2D eigenvalue weighted by atomic mass is 9.69. The van der Waals surface area contributed by atoms with Crippen LogP contribution in [-0.4, -0.2) is 0 Å². The largest absolute Gasteiger partial charge is 0.310 e. The van der Waals surface area contributed by atoms with E-state index in [4.69, 9.17) is 0 Å². The Morgan fingerprint density at radius 3 is 1.60 bits per heavy atom. The molecule has 0 heterocycles. The van der Waals surface area contributed by atoms with Crippen molar-refractivity contribution >= 4 is 38.6 Å². The topological polar surface area (TPSA) is 3.24 Å². The zero-order valence-corrected chi connectivity index (χ0v) is 28.5. The van der Waals surface area contributed by atoms with Crippen LogP contribution in [0.5, 0.6) is 0 Å². The van der Waals surface area contributed by atoms with Crippen molar-refractivity contribution in [1.29, 1.82) is 0 Å². The van der Waals surface area contributed by atoms with Crippen molar-refractivity contribution < 1.29 is 0 Å². The molecule has 9 aromatic carbocycles. The van der Waals surface area contributed by atoms with Crippen molar-refractivity contribution in [2.45, 2.75) is 5.41 Å². The predicted octanol–water partition coefficient (Wildman–Crippen LogP) is 13.5. The highest BCUT2D eigenvalue weighted by molar-refractivity contribution is 6.14.